The lowest BCUT2D eigenvalue weighted by molar-refractivity contribution is -0.385. The van der Waals surface area contributed by atoms with E-state index in [-0.39, 0.29) is 31.6 Å². The van der Waals surface area contributed by atoms with Crippen LogP contribution in [-0.4, -0.2) is 37.0 Å². The van der Waals surface area contributed by atoms with E-state index in [9.17, 15) is 32.5 Å². The average Bonchev–Trinajstić information content (AvgIpc) is 2.90. The second-order valence-corrected chi connectivity index (χ2v) is 5.83. The third kappa shape index (κ3) is 4.73. The smallest absolute Gasteiger partial charge is 0.387 e. The lowest BCUT2D eigenvalue weighted by Crippen LogP contribution is -2.29. The number of carbonyl (C=O) groups is 1. The Morgan fingerprint density at radius 2 is 2.12 bits per heavy atom. The number of benzene rings is 1. The number of hydrogen-bond donors (Lipinski definition) is 1. The van der Waals surface area contributed by atoms with Gasteiger partial charge in [-0.05, 0) is 12.3 Å². The number of nitro benzene ring substituents is 1. The fraction of sp³-hybridized carbons (Fsp3) is 0.533. The molecule has 0 heterocycles. The summed E-state index contributed by atoms with van der Waals surface area (Å²) >= 11 is 0. The number of nitrogens with zero attached hydrogens (tertiary/aromatic N) is 1. The summed E-state index contributed by atoms with van der Waals surface area (Å²) in [6.07, 6.45) is -0.430. The summed E-state index contributed by atoms with van der Waals surface area (Å²) < 4.78 is 60.1. The predicted molar refractivity (Wildman–Crippen MR) is 80.9 cm³/mol. The van der Waals surface area contributed by atoms with E-state index in [1.165, 1.54) is 0 Å². The van der Waals surface area contributed by atoms with Gasteiger partial charge in [0.2, 0.25) is 5.92 Å². The first-order valence-corrected chi connectivity index (χ1v) is 7.60. The zero-order valence-corrected chi connectivity index (χ0v) is 13.6. The number of methoxy groups -OCH3 is 1. The quantitative estimate of drug-likeness (QED) is 0.445. The van der Waals surface area contributed by atoms with Crippen LogP contribution in [0, 0.1) is 16.0 Å². The molecule has 2 rings (SSSR count). The minimum Gasteiger partial charge on any atom is -0.493 e. The maximum atomic E-state index is 13.2. The van der Waals surface area contributed by atoms with Crippen LogP contribution < -0.4 is 14.8 Å². The molecule has 0 aromatic heterocycles. The van der Waals surface area contributed by atoms with Crippen molar-refractivity contribution in [2.75, 3.05) is 13.7 Å². The van der Waals surface area contributed by atoms with Crippen molar-refractivity contribution in [3.05, 3.63) is 27.8 Å². The maximum Gasteiger partial charge on any atom is 0.387 e. The van der Waals surface area contributed by atoms with E-state index in [0.717, 1.165) is 13.2 Å². The van der Waals surface area contributed by atoms with Crippen LogP contribution in [0.3, 0.4) is 0 Å². The molecule has 26 heavy (non-hydrogen) atoms. The van der Waals surface area contributed by atoms with Crippen molar-refractivity contribution in [3.8, 4) is 11.5 Å². The summed E-state index contributed by atoms with van der Waals surface area (Å²) in [5.41, 5.74) is -1.21. The Bertz CT molecular complexity index is 699. The summed E-state index contributed by atoms with van der Waals surface area (Å²) in [5, 5.41) is 13.5. The summed E-state index contributed by atoms with van der Waals surface area (Å²) in [6.45, 7) is -3.32. The van der Waals surface area contributed by atoms with Crippen molar-refractivity contribution in [2.45, 2.75) is 31.8 Å². The van der Waals surface area contributed by atoms with Gasteiger partial charge in [-0.3, -0.25) is 14.9 Å². The van der Waals surface area contributed by atoms with E-state index in [1.807, 2.05) is 0 Å². The number of alkyl halides is 4. The standard InChI is InChI=1S/C15H16F4N2O5/c1-25-11-4-9(10(21(23)24)5-12(11)26-14(16)17)13(22)20-7-8-2-3-15(18,19)6-8/h4-5,8,14H,2-3,6-7H2,1H3,(H,20,22)/t8-/m0/s1. The normalized spacial score (nSPS) is 18.6. The molecular weight excluding hydrogens is 364 g/mol. The molecule has 0 bridgehead atoms. The van der Waals surface area contributed by atoms with Gasteiger partial charge >= 0.3 is 6.61 Å². The lowest BCUT2D eigenvalue weighted by Gasteiger charge is -2.14. The maximum absolute atomic E-state index is 13.2. The monoisotopic (exact) mass is 380 g/mol. The van der Waals surface area contributed by atoms with E-state index in [4.69, 9.17) is 4.74 Å². The molecule has 1 saturated carbocycles. The van der Waals surface area contributed by atoms with E-state index in [2.05, 4.69) is 10.1 Å². The number of rotatable bonds is 7. The van der Waals surface area contributed by atoms with Gasteiger partial charge in [-0.25, -0.2) is 8.78 Å². The van der Waals surface area contributed by atoms with E-state index in [1.54, 1.807) is 0 Å². The molecule has 0 unspecified atom stereocenters. The molecule has 0 saturated heterocycles. The predicted octanol–water partition coefficient (Wildman–Crippen LogP) is 3.37. The molecule has 1 fully saturated rings. The number of nitrogens with one attached hydrogen (secondary N) is 1. The molecule has 1 aromatic rings. The molecule has 1 N–H and O–H groups in total. The van der Waals surface area contributed by atoms with Crippen molar-refractivity contribution in [3.63, 3.8) is 0 Å². The second kappa shape index (κ2) is 7.75. The van der Waals surface area contributed by atoms with Crippen molar-refractivity contribution >= 4 is 11.6 Å². The van der Waals surface area contributed by atoms with Crippen molar-refractivity contribution in [1.29, 1.82) is 0 Å². The van der Waals surface area contributed by atoms with Crippen LogP contribution in [0.15, 0.2) is 12.1 Å². The Labute approximate surface area is 145 Å². The zero-order valence-electron chi connectivity index (χ0n) is 13.6. The van der Waals surface area contributed by atoms with Gasteiger partial charge in [0.1, 0.15) is 5.56 Å². The largest absolute Gasteiger partial charge is 0.493 e. The van der Waals surface area contributed by atoms with E-state index >= 15 is 0 Å². The summed E-state index contributed by atoms with van der Waals surface area (Å²) in [7, 11) is 1.11. The average molecular weight is 380 g/mol. The molecule has 0 radical (unpaired) electrons. The number of carbonyl (C=O) groups excluding carboxylic acids is 1. The minimum atomic E-state index is -3.24. The zero-order chi connectivity index (χ0) is 19.5. The number of hydrogen-bond acceptors (Lipinski definition) is 5. The third-order valence-corrected chi connectivity index (χ3v) is 4.00. The molecule has 11 heteroatoms. The highest BCUT2D eigenvalue weighted by atomic mass is 19.3. The Morgan fingerprint density at radius 1 is 1.42 bits per heavy atom. The molecule has 1 aliphatic rings. The van der Waals surface area contributed by atoms with Gasteiger partial charge in [0, 0.05) is 25.5 Å². The van der Waals surface area contributed by atoms with Gasteiger partial charge in [0.25, 0.3) is 11.6 Å². The van der Waals surface area contributed by atoms with Crippen LogP contribution in [0.25, 0.3) is 0 Å². The van der Waals surface area contributed by atoms with Crippen LogP contribution in [0.1, 0.15) is 29.6 Å². The second-order valence-electron chi connectivity index (χ2n) is 5.83. The van der Waals surface area contributed by atoms with Crippen molar-refractivity contribution in [1.82, 2.24) is 5.32 Å². The van der Waals surface area contributed by atoms with E-state index < -0.39 is 46.3 Å². The van der Waals surface area contributed by atoms with Gasteiger partial charge in [-0.2, -0.15) is 8.78 Å². The Balaban J connectivity index is 2.20. The van der Waals surface area contributed by atoms with Crippen LogP contribution in [0.4, 0.5) is 23.2 Å². The summed E-state index contributed by atoms with van der Waals surface area (Å²) in [4.78, 5) is 22.5. The Morgan fingerprint density at radius 3 is 2.62 bits per heavy atom. The highest BCUT2D eigenvalue weighted by molar-refractivity contribution is 5.99. The van der Waals surface area contributed by atoms with Gasteiger partial charge in [0.15, 0.2) is 11.5 Å². The van der Waals surface area contributed by atoms with Gasteiger partial charge < -0.3 is 14.8 Å². The van der Waals surface area contributed by atoms with Gasteiger partial charge in [-0.15, -0.1) is 0 Å². The van der Waals surface area contributed by atoms with Crippen molar-refractivity contribution < 1.29 is 36.8 Å². The summed E-state index contributed by atoms with van der Waals surface area (Å²) in [5.74, 6) is -5.02. The van der Waals surface area contributed by atoms with Gasteiger partial charge in [-0.1, -0.05) is 0 Å². The van der Waals surface area contributed by atoms with Crippen LogP contribution >= 0.6 is 0 Å². The summed E-state index contributed by atoms with van der Waals surface area (Å²) in [6, 6.07) is 1.55. The Hall–Kier alpha value is -2.59. The number of nitro groups is 1. The first-order chi connectivity index (χ1) is 12.1. The Kier molecular flexibility index (Phi) is 5.88. The highest BCUT2D eigenvalue weighted by Crippen LogP contribution is 2.39. The molecule has 1 aliphatic carbocycles. The molecule has 144 valence electrons. The minimum absolute atomic E-state index is 0.0802. The molecule has 1 atom stereocenters. The number of ether oxygens (including phenoxy) is 2. The molecule has 7 nitrogen and oxygen atoms in total. The van der Waals surface area contributed by atoms with E-state index in [0.29, 0.717) is 6.07 Å². The molecular formula is C15H16F4N2O5. The van der Waals surface area contributed by atoms with Crippen LogP contribution in [0.5, 0.6) is 11.5 Å². The first-order valence-electron chi connectivity index (χ1n) is 7.60. The SMILES string of the molecule is COc1cc(C(=O)NC[C@H]2CCC(F)(F)C2)c([N+](=O)[O-])cc1OC(F)F. The third-order valence-electron chi connectivity index (χ3n) is 4.00. The van der Waals surface area contributed by atoms with Gasteiger partial charge in [0.05, 0.1) is 18.1 Å². The molecule has 1 amide bonds. The fourth-order valence-electron chi connectivity index (χ4n) is 2.78. The molecule has 1 aromatic carbocycles. The number of halogens is 4. The topological polar surface area (TPSA) is 90.7 Å². The highest BCUT2D eigenvalue weighted by Gasteiger charge is 2.39. The molecule has 0 aliphatic heterocycles. The molecule has 0 spiro atoms. The first kappa shape index (κ1) is 19.7. The fourth-order valence-corrected chi connectivity index (χ4v) is 2.78. The van der Waals surface area contributed by atoms with Crippen LogP contribution in [-0.2, 0) is 0 Å². The van der Waals surface area contributed by atoms with Crippen LogP contribution in [0.2, 0.25) is 0 Å². The lowest BCUT2D eigenvalue weighted by atomic mass is 10.1. The number of amides is 1. The van der Waals surface area contributed by atoms with Crippen molar-refractivity contribution in [2.24, 2.45) is 5.92 Å².